The molecule has 1 aliphatic carbocycles. The second-order valence-corrected chi connectivity index (χ2v) is 6.35. The number of amides is 2. The molecule has 1 saturated carbocycles. The van der Waals surface area contributed by atoms with Gasteiger partial charge in [-0.05, 0) is 43.4 Å². The molecule has 0 radical (unpaired) electrons. The van der Waals surface area contributed by atoms with E-state index in [1.807, 2.05) is 16.7 Å². The molecular formula is C18H25N5O. The fourth-order valence-corrected chi connectivity index (χ4v) is 2.72. The molecule has 2 N–H and O–H groups in total. The van der Waals surface area contributed by atoms with Gasteiger partial charge in [-0.15, -0.1) is 10.2 Å². The lowest BCUT2D eigenvalue weighted by Crippen LogP contribution is -2.29. The zero-order valence-corrected chi connectivity index (χ0v) is 14.2. The average molecular weight is 327 g/mol. The summed E-state index contributed by atoms with van der Waals surface area (Å²) in [5, 5.41) is 13.7. The van der Waals surface area contributed by atoms with Crippen molar-refractivity contribution in [3.63, 3.8) is 0 Å². The first-order chi connectivity index (χ1) is 11.8. The molecule has 0 aliphatic heterocycles. The molecule has 1 aromatic heterocycles. The second-order valence-electron chi connectivity index (χ2n) is 6.35. The standard InChI is InChI=1S/C18H25N5O/c1-2-3-4-5-14-6-8-15(9-7-14)21-18(24)19-12-17-22-20-13-23(17)16-10-11-16/h6-9,13,16H,2-5,10-12H2,1H3,(H2,19,21,24). The molecule has 0 unspecified atom stereocenters. The molecule has 0 atom stereocenters. The summed E-state index contributed by atoms with van der Waals surface area (Å²) in [6.45, 7) is 2.59. The molecule has 1 aliphatic rings. The van der Waals surface area contributed by atoms with Gasteiger partial charge in [-0.2, -0.15) is 0 Å². The van der Waals surface area contributed by atoms with Crippen molar-refractivity contribution >= 4 is 11.7 Å². The highest BCUT2D eigenvalue weighted by Crippen LogP contribution is 2.35. The molecule has 2 aromatic rings. The summed E-state index contributed by atoms with van der Waals surface area (Å²) in [7, 11) is 0. The molecule has 2 amide bonds. The minimum atomic E-state index is -0.223. The largest absolute Gasteiger partial charge is 0.331 e. The first-order valence-electron chi connectivity index (χ1n) is 8.78. The summed E-state index contributed by atoms with van der Waals surface area (Å²) < 4.78 is 2.05. The molecule has 1 aromatic carbocycles. The van der Waals surface area contributed by atoms with Gasteiger partial charge in [0.05, 0.1) is 6.54 Å². The van der Waals surface area contributed by atoms with Crippen LogP contribution in [0.1, 0.15) is 56.5 Å². The van der Waals surface area contributed by atoms with E-state index in [-0.39, 0.29) is 6.03 Å². The van der Waals surface area contributed by atoms with Gasteiger partial charge >= 0.3 is 6.03 Å². The van der Waals surface area contributed by atoms with Crippen LogP contribution in [0.4, 0.5) is 10.5 Å². The number of benzene rings is 1. The van der Waals surface area contributed by atoms with E-state index in [0.717, 1.165) is 17.9 Å². The van der Waals surface area contributed by atoms with Crippen molar-refractivity contribution in [1.82, 2.24) is 20.1 Å². The van der Waals surface area contributed by atoms with E-state index in [2.05, 4.69) is 39.9 Å². The molecule has 1 fully saturated rings. The molecule has 128 valence electrons. The van der Waals surface area contributed by atoms with Gasteiger partial charge in [0, 0.05) is 11.7 Å². The Bertz CT molecular complexity index is 660. The number of nitrogens with zero attached hydrogens (tertiary/aromatic N) is 3. The van der Waals surface area contributed by atoms with Gasteiger partial charge in [0.15, 0.2) is 5.82 Å². The maximum absolute atomic E-state index is 12.0. The number of carbonyl (C=O) groups is 1. The highest BCUT2D eigenvalue weighted by atomic mass is 16.2. The Labute approximate surface area is 142 Å². The quantitative estimate of drug-likeness (QED) is 0.727. The number of anilines is 1. The maximum atomic E-state index is 12.0. The second kappa shape index (κ2) is 7.95. The molecule has 6 nitrogen and oxygen atoms in total. The van der Waals surface area contributed by atoms with E-state index in [9.17, 15) is 4.79 Å². The highest BCUT2D eigenvalue weighted by Gasteiger charge is 2.25. The van der Waals surface area contributed by atoms with Gasteiger partial charge in [0.1, 0.15) is 6.33 Å². The van der Waals surface area contributed by atoms with Crippen LogP contribution in [0, 0.1) is 0 Å². The van der Waals surface area contributed by atoms with Crippen molar-refractivity contribution in [2.45, 2.75) is 58.0 Å². The molecule has 6 heteroatoms. The van der Waals surface area contributed by atoms with Gasteiger partial charge in [0.2, 0.25) is 0 Å². The van der Waals surface area contributed by atoms with Crippen molar-refractivity contribution in [2.75, 3.05) is 5.32 Å². The van der Waals surface area contributed by atoms with Gasteiger partial charge in [-0.1, -0.05) is 31.9 Å². The van der Waals surface area contributed by atoms with Crippen LogP contribution < -0.4 is 10.6 Å². The Morgan fingerprint density at radius 1 is 1.25 bits per heavy atom. The van der Waals surface area contributed by atoms with Crippen LogP contribution >= 0.6 is 0 Å². The van der Waals surface area contributed by atoms with Gasteiger partial charge < -0.3 is 15.2 Å². The Morgan fingerprint density at radius 3 is 2.75 bits per heavy atom. The smallest absolute Gasteiger partial charge is 0.319 e. The third-order valence-corrected chi connectivity index (χ3v) is 4.28. The highest BCUT2D eigenvalue weighted by molar-refractivity contribution is 5.89. The monoisotopic (exact) mass is 327 g/mol. The number of hydrogen-bond acceptors (Lipinski definition) is 3. The average Bonchev–Trinajstić information content (AvgIpc) is 3.33. The van der Waals surface area contributed by atoms with Crippen LogP contribution in [0.15, 0.2) is 30.6 Å². The lowest BCUT2D eigenvalue weighted by Gasteiger charge is -2.09. The zero-order chi connectivity index (χ0) is 16.8. The fourth-order valence-electron chi connectivity index (χ4n) is 2.72. The molecule has 0 bridgehead atoms. The number of aryl methyl sites for hydroxylation is 1. The van der Waals surface area contributed by atoms with Crippen LogP contribution in [0.3, 0.4) is 0 Å². The topological polar surface area (TPSA) is 71.8 Å². The number of hydrogen-bond donors (Lipinski definition) is 2. The molecule has 1 heterocycles. The Morgan fingerprint density at radius 2 is 2.04 bits per heavy atom. The minimum Gasteiger partial charge on any atom is -0.331 e. The zero-order valence-electron chi connectivity index (χ0n) is 14.2. The van der Waals surface area contributed by atoms with Crippen LogP contribution in [-0.2, 0) is 13.0 Å². The van der Waals surface area contributed by atoms with Crippen molar-refractivity contribution in [3.8, 4) is 0 Å². The summed E-state index contributed by atoms with van der Waals surface area (Å²) in [4.78, 5) is 12.0. The SMILES string of the molecule is CCCCCc1ccc(NC(=O)NCc2nncn2C2CC2)cc1. The molecule has 0 spiro atoms. The number of aromatic nitrogens is 3. The normalized spacial score (nSPS) is 13.7. The van der Waals surface area contributed by atoms with Crippen molar-refractivity contribution in [2.24, 2.45) is 0 Å². The van der Waals surface area contributed by atoms with Crippen molar-refractivity contribution in [3.05, 3.63) is 42.0 Å². The van der Waals surface area contributed by atoms with Gasteiger partial charge in [-0.3, -0.25) is 0 Å². The van der Waals surface area contributed by atoms with E-state index in [1.165, 1.54) is 37.7 Å². The summed E-state index contributed by atoms with van der Waals surface area (Å²) in [6.07, 6.45) is 8.87. The van der Waals surface area contributed by atoms with Gasteiger partial charge in [-0.25, -0.2) is 4.79 Å². The van der Waals surface area contributed by atoms with Gasteiger partial charge in [0.25, 0.3) is 0 Å². The fraction of sp³-hybridized carbons (Fsp3) is 0.500. The van der Waals surface area contributed by atoms with Crippen molar-refractivity contribution in [1.29, 1.82) is 0 Å². The number of nitrogens with one attached hydrogen (secondary N) is 2. The molecular weight excluding hydrogens is 302 g/mol. The Balaban J connectivity index is 1.45. The molecule has 3 rings (SSSR count). The summed E-state index contributed by atoms with van der Waals surface area (Å²) >= 11 is 0. The van der Waals surface area contributed by atoms with E-state index in [0.29, 0.717) is 12.6 Å². The Kier molecular flexibility index (Phi) is 5.46. The third kappa shape index (κ3) is 4.57. The van der Waals surface area contributed by atoms with E-state index in [4.69, 9.17) is 0 Å². The minimum absolute atomic E-state index is 0.223. The molecule has 24 heavy (non-hydrogen) atoms. The first-order valence-corrected chi connectivity index (χ1v) is 8.78. The number of carbonyl (C=O) groups excluding carboxylic acids is 1. The summed E-state index contributed by atoms with van der Waals surface area (Å²) in [5.74, 6) is 0.805. The first kappa shape index (κ1) is 16.5. The molecule has 0 saturated heterocycles. The van der Waals surface area contributed by atoms with E-state index >= 15 is 0 Å². The third-order valence-electron chi connectivity index (χ3n) is 4.28. The Hall–Kier alpha value is -2.37. The number of urea groups is 1. The van der Waals surface area contributed by atoms with Crippen LogP contribution in [0.25, 0.3) is 0 Å². The van der Waals surface area contributed by atoms with E-state index in [1.54, 1.807) is 6.33 Å². The summed E-state index contributed by atoms with van der Waals surface area (Å²) in [6, 6.07) is 8.35. The van der Waals surface area contributed by atoms with Crippen LogP contribution in [-0.4, -0.2) is 20.8 Å². The number of unbranched alkanes of at least 4 members (excludes halogenated alkanes) is 2. The predicted octanol–water partition coefficient (Wildman–Crippen LogP) is 3.67. The van der Waals surface area contributed by atoms with Crippen molar-refractivity contribution < 1.29 is 4.79 Å². The lowest BCUT2D eigenvalue weighted by atomic mass is 10.1. The maximum Gasteiger partial charge on any atom is 0.319 e. The van der Waals surface area contributed by atoms with E-state index < -0.39 is 0 Å². The predicted molar refractivity (Wildman–Crippen MR) is 93.8 cm³/mol. The van der Waals surface area contributed by atoms with Crippen LogP contribution in [0.2, 0.25) is 0 Å². The number of rotatable bonds is 8. The summed E-state index contributed by atoms with van der Waals surface area (Å²) in [5.41, 5.74) is 2.11. The van der Waals surface area contributed by atoms with Crippen LogP contribution in [0.5, 0.6) is 0 Å². The lowest BCUT2D eigenvalue weighted by molar-refractivity contribution is 0.251.